The Morgan fingerprint density at radius 3 is 2.49 bits per heavy atom. The van der Waals surface area contributed by atoms with Gasteiger partial charge in [0.15, 0.2) is 0 Å². The molecule has 246 valence electrons. The van der Waals surface area contributed by atoms with Crippen LogP contribution in [0.1, 0.15) is 35.2 Å². The molecule has 1 aliphatic heterocycles. The lowest BCUT2D eigenvalue weighted by Crippen LogP contribution is -2.42. The summed E-state index contributed by atoms with van der Waals surface area (Å²) in [7, 11) is 0. The van der Waals surface area contributed by atoms with E-state index in [1.807, 2.05) is 30.3 Å². The zero-order valence-corrected chi connectivity index (χ0v) is 26.0. The van der Waals surface area contributed by atoms with Gasteiger partial charge >= 0.3 is 0 Å². The third-order valence-electron chi connectivity index (χ3n) is 8.05. The van der Waals surface area contributed by atoms with E-state index in [0.717, 1.165) is 34.9 Å². The summed E-state index contributed by atoms with van der Waals surface area (Å²) in [6.45, 7) is 1.69. The molecule has 2 aromatic carbocycles. The zero-order chi connectivity index (χ0) is 34.8. The maximum absolute atomic E-state index is 14.9. The molecule has 3 aromatic heterocycles. The summed E-state index contributed by atoms with van der Waals surface area (Å²) < 4.78 is 14.9. The van der Waals surface area contributed by atoms with Gasteiger partial charge in [0.25, 0.3) is 12.4 Å². The van der Waals surface area contributed by atoms with E-state index in [1.54, 1.807) is 30.7 Å². The fourth-order valence-electron chi connectivity index (χ4n) is 5.63. The number of aromatic nitrogens is 4. The van der Waals surface area contributed by atoms with E-state index in [9.17, 15) is 19.7 Å². The molecule has 49 heavy (non-hydrogen) atoms. The second kappa shape index (κ2) is 15.9. The van der Waals surface area contributed by atoms with Crippen molar-refractivity contribution in [1.29, 1.82) is 10.5 Å². The molecule has 0 unspecified atom stereocenters. The second-order valence-electron chi connectivity index (χ2n) is 11.0. The summed E-state index contributed by atoms with van der Waals surface area (Å²) in [5.74, 6) is -0.743. The Balaban J connectivity index is 0.00000151. The first-order chi connectivity index (χ1) is 23.9. The van der Waals surface area contributed by atoms with Crippen LogP contribution in [0, 0.1) is 28.5 Å². The number of piperidine rings is 1. The van der Waals surface area contributed by atoms with Gasteiger partial charge in [0, 0.05) is 60.7 Å². The number of anilines is 1. The predicted molar refractivity (Wildman–Crippen MR) is 178 cm³/mol. The van der Waals surface area contributed by atoms with Gasteiger partial charge in [0.1, 0.15) is 29.3 Å². The number of carboxylic acid groups (broad SMARTS) is 1. The van der Waals surface area contributed by atoms with Crippen LogP contribution in [-0.2, 0) is 16.1 Å². The van der Waals surface area contributed by atoms with E-state index in [-0.39, 0.29) is 18.1 Å². The van der Waals surface area contributed by atoms with Gasteiger partial charge in [-0.15, -0.1) is 0 Å². The SMILES string of the molecule is N#Cc1ccc(-c2c(-c3ccc4cn[nH]c4c3)cnc(N3CCC(NCc4ccc(/C=C/C(=O)NO)nc4)CC3)c2C#N)cc1F.O=CO. The predicted octanol–water partition coefficient (Wildman–Crippen LogP) is 4.55. The van der Waals surface area contributed by atoms with Crippen molar-refractivity contribution in [2.45, 2.75) is 25.4 Å². The monoisotopic (exact) mass is 659 g/mol. The van der Waals surface area contributed by atoms with Crippen LogP contribution < -0.4 is 15.7 Å². The third-order valence-corrected chi connectivity index (χ3v) is 8.05. The van der Waals surface area contributed by atoms with Crippen molar-refractivity contribution < 1.29 is 24.3 Å². The molecule has 6 rings (SSSR count). The maximum Gasteiger partial charge on any atom is 0.290 e. The standard InChI is InChI=1S/C34H28FN9O2.CH2O2/c35-30-13-23(3-4-24(30)15-36)33-28(16-37)34(40-20-29(33)22-2-5-25-19-41-42-31(25)14-22)44-11-9-27(10-12-44)39-18-21-1-6-26(38-17-21)7-8-32(45)43-46;2-1-3/h1-8,13-14,17,19-20,27,39,46H,9-12,18H2,(H,41,42)(H,43,45);1H,(H,2,3)/b8-7+;. The van der Waals surface area contributed by atoms with Crippen LogP contribution >= 0.6 is 0 Å². The Bertz CT molecular complexity index is 2080. The highest BCUT2D eigenvalue weighted by atomic mass is 19.1. The number of aromatic amines is 1. The number of hydrogen-bond donors (Lipinski definition) is 5. The molecule has 0 bridgehead atoms. The number of hydroxylamine groups is 1. The molecular formula is C35H30FN9O4. The van der Waals surface area contributed by atoms with Gasteiger partial charge < -0.3 is 15.3 Å². The molecule has 0 spiro atoms. The minimum absolute atomic E-state index is 0.0674. The van der Waals surface area contributed by atoms with Gasteiger partial charge in [0.05, 0.1) is 23.0 Å². The number of rotatable bonds is 8. The molecule has 0 aliphatic carbocycles. The second-order valence-corrected chi connectivity index (χ2v) is 11.0. The Morgan fingerprint density at radius 2 is 1.82 bits per heavy atom. The summed E-state index contributed by atoms with van der Waals surface area (Å²) in [5.41, 5.74) is 6.72. The van der Waals surface area contributed by atoms with E-state index in [0.29, 0.717) is 53.4 Å². The molecule has 1 fully saturated rings. The number of carbonyl (C=O) groups is 2. The first-order valence-corrected chi connectivity index (χ1v) is 15.1. The molecule has 4 heterocycles. The summed E-state index contributed by atoms with van der Waals surface area (Å²) in [5, 5.41) is 46.8. The Morgan fingerprint density at radius 1 is 1.04 bits per heavy atom. The van der Waals surface area contributed by atoms with Gasteiger partial charge in [-0.3, -0.25) is 24.9 Å². The van der Waals surface area contributed by atoms with E-state index in [4.69, 9.17) is 20.1 Å². The molecule has 5 N–H and O–H groups in total. The van der Waals surface area contributed by atoms with Crippen LogP contribution in [0.5, 0.6) is 0 Å². The minimum atomic E-state index is -0.653. The van der Waals surface area contributed by atoms with Crippen molar-refractivity contribution in [3.05, 3.63) is 101 Å². The average Bonchev–Trinajstić information content (AvgIpc) is 3.61. The summed E-state index contributed by atoms with van der Waals surface area (Å²) >= 11 is 0. The van der Waals surface area contributed by atoms with E-state index < -0.39 is 11.7 Å². The average molecular weight is 660 g/mol. The van der Waals surface area contributed by atoms with Crippen molar-refractivity contribution in [1.82, 2.24) is 31.0 Å². The van der Waals surface area contributed by atoms with Gasteiger partial charge in [-0.1, -0.05) is 24.3 Å². The molecule has 1 saturated heterocycles. The number of fused-ring (bicyclic) bond motifs is 1. The first kappa shape index (κ1) is 33.9. The van der Waals surface area contributed by atoms with Crippen molar-refractivity contribution in [2.75, 3.05) is 18.0 Å². The van der Waals surface area contributed by atoms with E-state index in [1.165, 1.54) is 29.8 Å². The first-order valence-electron chi connectivity index (χ1n) is 15.1. The molecular weight excluding hydrogens is 629 g/mol. The molecule has 1 amide bonds. The van der Waals surface area contributed by atoms with Crippen molar-refractivity contribution in [3.8, 4) is 34.4 Å². The lowest BCUT2D eigenvalue weighted by molar-refractivity contribution is -0.124. The maximum atomic E-state index is 14.9. The summed E-state index contributed by atoms with van der Waals surface area (Å²) in [4.78, 5) is 30.7. The van der Waals surface area contributed by atoms with Crippen molar-refractivity contribution in [2.24, 2.45) is 0 Å². The van der Waals surface area contributed by atoms with Crippen LogP contribution in [0.4, 0.5) is 10.2 Å². The highest BCUT2D eigenvalue weighted by Gasteiger charge is 2.26. The number of carbonyl (C=O) groups excluding carboxylic acids is 1. The topological polar surface area (TPSA) is 204 Å². The lowest BCUT2D eigenvalue weighted by atomic mass is 9.91. The van der Waals surface area contributed by atoms with Gasteiger partial charge in [-0.2, -0.15) is 15.6 Å². The largest absolute Gasteiger partial charge is 0.483 e. The fourth-order valence-corrected chi connectivity index (χ4v) is 5.63. The molecule has 1 aliphatic rings. The number of pyridine rings is 2. The van der Waals surface area contributed by atoms with E-state index >= 15 is 0 Å². The minimum Gasteiger partial charge on any atom is -0.483 e. The quantitative estimate of drug-likeness (QED) is 0.0677. The van der Waals surface area contributed by atoms with Gasteiger partial charge in [-0.25, -0.2) is 14.9 Å². The Labute approximate surface area is 279 Å². The number of benzene rings is 2. The number of nitriles is 2. The summed E-state index contributed by atoms with van der Waals surface area (Å²) in [6, 6.07) is 18.4. The smallest absolute Gasteiger partial charge is 0.290 e. The van der Waals surface area contributed by atoms with Crippen LogP contribution in [0.15, 0.2) is 73.2 Å². The fraction of sp³-hybridized carbons (Fsp3) is 0.171. The van der Waals surface area contributed by atoms with Crippen LogP contribution in [-0.4, -0.2) is 62.0 Å². The van der Waals surface area contributed by atoms with Crippen LogP contribution in [0.3, 0.4) is 0 Å². The number of amides is 1. The number of halogens is 1. The molecule has 14 heteroatoms. The molecule has 0 saturated carbocycles. The highest BCUT2D eigenvalue weighted by molar-refractivity contribution is 5.93. The third kappa shape index (κ3) is 7.91. The lowest BCUT2D eigenvalue weighted by Gasteiger charge is -2.34. The molecule has 13 nitrogen and oxygen atoms in total. The molecule has 5 aromatic rings. The van der Waals surface area contributed by atoms with Crippen LogP contribution in [0.2, 0.25) is 0 Å². The van der Waals surface area contributed by atoms with Crippen molar-refractivity contribution >= 4 is 35.2 Å². The number of hydrogen-bond acceptors (Lipinski definition) is 10. The Kier molecular flexibility index (Phi) is 11.0. The Hall–Kier alpha value is -6.48. The molecule has 0 atom stereocenters. The normalized spacial score (nSPS) is 12.9. The van der Waals surface area contributed by atoms with Gasteiger partial charge in [0.2, 0.25) is 0 Å². The number of nitrogens with zero attached hydrogens (tertiary/aromatic N) is 6. The van der Waals surface area contributed by atoms with Crippen molar-refractivity contribution in [3.63, 3.8) is 0 Å². The number of H-pyrrole nitrogens is 1. The van der Waals surface area contributed by atoms with Crippen LogP contribution in [0.25, 0.3) is 39.2 Å². The molecule has 0 radical (unpaired) electrons. The highest BCUT2D eigenvalue weighted by Crippen LogP contribution is 2.40. The van der Waals surface area contributed by atoms with Gasteiger partial charge in [-0.05, 0) is 59.9 Å². The number of nitrogens with one attached hydrogen (secondary N) is 3. The summed E-state index contributed by atoms with van der Waals surface area (Å²) in [6.07, 6.45) is 9.53. The van der Waals surface area contributed by atoms with E-state index in [2.05, 4.69) is 31.5 Å². The zero-order valence-electron chi connectivity index (χ0n) is 26.0.